The highest BCUT2D eigenvalue weighted by Crippen LogP contribution is 2.23. The smallest absolute Gasteiger partial charge is 0.145 e. The second-order valence-corrected chi connectivity index (χ2v) is 5.80. The Morgan fingerprint density at radius 2 is 1.71 bits per heavy atom. The van der Waals surface area contributed by atoms with Gasteiger partial charge in [-0.15, -0.1) is 0 Å². The normalized spacial score (nSPS) is 11.5. The minimum atomic E-state index is -0.157. The molecule has 1 aromatic heterocycles. The average molecular weight is 297 g/mol. The standard InChI is InChI=1S/C14H27N5O2/c1-14(2,3)13-16-11(18-15)10-12(17-13)19(6-8-20-4)7-9-21-5/h10H,6-9,15H2,1-5H3,(H,16,17,18). The molecule has 7 nitrogen and oxygen atoms in total. The van der Waals surface area contributed by atoms with E-state index in [0.717, 1.165) is 24.7 Å². The van der Waals surface area contributed by atoms with Crippen molar-refractivity contribution in [3.05, 3.63) is 11.9 Å². The zero-order valence-electron chi connectivity index (χ0n) is 13.6. The Morgan fingerprint density at radius 1 is 1.14 bits per heavy atom. The van der Waals surface area contributed by atoms with Gasteiger partial charge in [0.2, 0.25) is 0 Å². The topological polar surface area (TPSA) is 85.5 Å². The van der Waals surface area contributed by atoms with Gasteiger partial charge in [-0.25, -0.2) is 15.8 Å². The van der Waals surface area contributed by atoms with E-state index in [1.807, 2.05) is 6.07 Å². The zero-order valence-corrected chi connectivity index (χ0v) is 13.6. The van der Waals surface area contributed by atoms with Gasteiger partial charge in [0, 0.05) is 38.8 Å². The second kappa shape index (κ2) is 8.11. The number of anilines is 2. The molecule has 1 heterocycles. The van der Waals surface area contributed by atoms with E-state index in [0.29, 0.717) is 19.0 Å². The van der Waals surface area contributed by atoms with E-state index in [9.17, 15) is 0 Å². The lowest BCUT2D eigenvalue weighted by molar-refractivity contribution is 0.190. The number of hydrogen-bond acceptors (Lipinski definition) is 7. The predicted octanol–water partition coefficient (Wildman–Crippen LogP) is 1.16. The van der Waals surface area contributed by atoms with Crippen molar-refractivity contribution in [3.63, 3.8) is 0 Å². The van der Waals surface area contributed by atoms with Crippen LogP contribution in [0.4, 0.5) is 11.6 Å². The molecule has 21 heavy (non-hydrogen) atoms. The van der Waals surface area contributed by atoms with E-state index in [2.05, 4.69) is 41.1 Å². The first kappa shape index (κ1) is 17.6. The number of methoxy groups -OCH3 is 2. The lowest BCUT2D eigenvalue weighted by atomic mass is 9.96. The third kappa shape index (κ3) is 5.45. The predicted molar refractivity (Wildman–Crippen MR) is 84.5 cm³/mol. The van der Waals surface area contributed by atoms with Crippen LogP contribution >= 0.6 is 0 Å². The fourth-order valence-corrected chi connectivity index (χ4v) is 1.75. The van der Waals surface area contributed by atoms with Crippen LogP contribution in [-0.4, -0.2) is 50.5 Å². The summed E-state index contributed by atoms with van der Waals surface area (Å²) in [6.07, 6.45) is 0. The Hall–Kier alpha value is -1.44. The van der Waals surface area contributed by atoms with Crippen molar-refractivity contribution < 1.29 is 9.47 Å². The van der Waals surface area contributed by atoms with Gasteiger partial charge in [0.1, 0.15) is 17.5 Å². The number of nitrogens with zero attached hydrogens (tertiary/aromatic N) is 3. The van der Waals surface area contributed by atoms with Gasteiger partial charge in [-0.1, -0.05) is 20.8 Å². The molecule has 0 aliphatic carbocycles. The molecule has 0 saturated heterocycles. The number of aromatic nitrogens is 2. The molecule has 0 atom stereocenters. The molecule has 0 spiro atoms. The molecule has 0 aliphatic rings. The maximum atomic E-state index is 5.52. The van der Waals surface area contributed by atoms with E-state index in [1.54, 1.807) is 14.2 Å². The van der Waals surface area contributed by atoms with Crippen molar-refractivity contribution in [3.8, 4) is 0 Å². The number of ether oxygens (including phenoxy) is 2. The molecule has 1 rings (SSSR count). The SMILES string of the molecule is COCCN(CCOC)c1cc(NN)nc(C(C)(C)C)n1. The van der Waals surface area contributed by atoms with Crippen LogP contribution in [0.1, 0.15) is 26.6 Å². The lowest BCUT2D eigenvalue weighted by Crippen LogP contribution is -2.32. The van der Waals surface area contributed by atoms with Crippen LogP contribution in [0.25, 0.3) is 0 Å². The summed E-state index contributed by atoms with van der Waals surface area (Å²) in [5, 5.41) is 0. The summed E-state index contributed by atoms with van der Waals surface area (Å²) >= 11 is 0. The molecule has 3 N–H and O–H groups in total. The Bertz CT molecular complexity index is 426. The average Bonchev–Trinajstić information content (AvgIpc) is 2.46. The van der Waals surface area contributed by atoms with Crippen LogP contribution in [0.15, 0.2) is 6.07 Å². The van der Waals surface area contributed by atoms with E-state index in [-0.39, 0.29) is 5.41 Å². The summed E-state index contributed by atoms with van der Waals surface area (Å²) in [6, 6.07) is 1.83. The fraction of sp³-hybridized carbons (Fsp3) is 0.714. The van der Waals surface area contributed by atoms with Crippen LogP contribution in [0.5, 0.6) is 0 Å². The largest absolute Gasteiger partial charge is 0.383 e. The maximum absolute atomic E-state index is 5.52. The molecule has 0 unspecified atom stereocenters. The molecular formula is C14H27N5O2. The second-order valence-electron chi connectivity index (χ2n) is 5.80. The molecule has 0 fully saturated rings. The van der Waals surface area contributed by atoms with Crippen molar-refractivity contribution in [2.45, 2.75) is 26.2 Å². The van der Waals surface area contributed by atoms with E-state index in [4.69, 9.17) is 15.3 Å². The number of hydrogen-bond donors (Lipinski definition) is 2. The summed E-state index contributed by atoms with van der Waals surface area (Å²) < 4.78 is 10.3. The fourth-order valence-electron chi connectivity index (χ4n) is 1.75. The number of nitrogen functional groups attached to an aromatic ring is 1. The molecular weight excluding hydrogens is 270 g/mol. The van der Waals surface area contributed by atoms with Gasteiger partial charge in [-0.3, -0.25) is 0 Å². The molecule has 0 bridgehead atoms. The van der Waals surface area contributed by atoms with Gasteiger partial charge in [-0.05, 0) is 0 Å². The monoisotopic (exact) mass is 297 g/mol. The van der Waals surface area contributed by atoms with Crippen LogP contribution in [-0.2, 0) is 14.9 Å². The third-order valence-electron chi connectivity index (χ3n) is 2.99. The maximum Gasteiger partial charge on any atom is 0.145 e. The zero-order chi connectivity index (χ0) is 15.9. The Morgan fingerprint density at radius 3 is 2.14 bits per heavy atom. The van der Waals surface area contributed by atoms with E-state index >= 15 is 0 Å². The van der Waals surface area contributed by atoms with Crippen molar-refractivity contribution >= 4 is 11.6 Å². The molecule has 7 heteroatoms. The van der Waals surface area contributed by atoms with Crippen LogP contribution in [0.2, 0.25) is 0 Å². The molecule has 1 aromatic rings. The van der Waals surface area contributed by atoms with E-state index in [1.165, 1.54) is 0 Å². The third-order valence-corrected chi connectivity index (χ3v) is 2.99. The lowest BCUT2D eigenvalue weighted by Gasteiger charge is -2.26. The van der Waals surface area contributed by atoms with Gasteiger partial charge in [0.25, 0.3) is 0 Å². The van der Waals surface area contributed by atoms with Crippen molar-refractivity contribution in [1.82, 2.24) is 9.97 Å². The van der Waals surface area contributed by atoms with Crippen LogP contribution in [0.3, 0.4) is 0 Å². The Labute approximate surface area is 126 Å². The van der Waals surface area contributed by atoms with Gasteiger partial charge >= 0.3 is 0 Å². The molecule has 0 amide bonds. The summed E-state index contributed by atoms with van der Waals surface area (Å²) in [5.41, 5.74) is 2.45. The molecule has 0 saturated carbocycles. The molecule has 0 aromatic carbocycles. The van der Waals surface area contributed by atoms with Gasteiger partial charge < -0.3 is 19.8 Å². The minimum absolute atomic E-state index is 0.157. The summed E-state index contributed by atoms with van der Waals surface area (Å²) in [4.78, 5) is 11.2. The number of rotatable bonds is 8. The highest BCUT2D eigenvalue weighted by Gasteiger charge is 2.20. The number of hydrazine groups is 1. The Kier molecular flexibility index (Phi) is 6.80. The van der Waals surface area contributed by atoms with Gasteiger partial charge in [0.05, 0.1) is 13.2 Å². The molecule has 0 radical (unpaired) electrons. The highest BCUT2D eigenvalue weighted by atomic mass is 16.5. The van der Waals surface area contributed by atoms with Crippen molar-refractivity contribution in [2.24, 2.45) is 5.84 Å². The molecule has 120 valence electrons. The summed E-state index contributed by atoms with van der Waals surface area (Å²) in [7, 11) is 3.36. The quantitative estimate of drug-likeness (QED) is 0.550. The summed E-state index contributed by atoms with van der Waals surface area (Å²) in [6.45, 7) is 8.89. The first-order valence-corrected chi connectivity index (χ1v) is 7.01. The first-order valence-electron chi connectivity index (χ1n) is 7.01. The minimum Gasteiger partial charge on any atom is -0.383 e. The number of nitrogens with two attached hydrogens (primary N) is 1. The highest BCUT2D eigenvalue weighted by molar-refractivity contribution is 5.49. The first-order chi connectivity index (χ1) is 9.92. The Balaban J connectivity index is 3.09. The number of nitrogens with one attached hydrogen (secondary N) is 1. The van der Waals surface area contributed by atoms with Crippen LogP contribution in [0, 0.1) is 0 Å². The van der Waals surface area contributed by atoms with Gasteiger partial charge in [0.15, 0.2) is 0 Å². The van der Waals surface area contributed by atoms with Crippen molar-refractivity contribution in [1.29, 1.82) is 0 Å². The van der Waals surface area contributed by atoms with Gasteiger partial charge in [-0.2, -0.15) is 0 Å². The van der Waals surface area contributed by atoms with Crippen LogP contribution < -0.4 is 16.2 Å². The van der Waals surface area contributed by atoms with Crippen molar-refractivity contribution in [2.75, 3.05) is 50.8 Å². The summed E-state index contributed by atoms with van der Waals surface area (Å²) in [5.74, 6) is 7.68. The molecule has 0 aliphatic heterocycles. The van der Waals surface area contributed by atoms with E-state index < -0.39 is 0 Å².